The van der Waals surface area contributed by atoms with Crippen LogP contribution in [0.5, 0.6) is 0 Å². The molecule has 1 N–H and O–H groups in total. The van der Waals surface area contributed by atoms with Crippen LogP contribution in [0.4, 0.5) is 0 Å². The van der Waals surface area contributed by atoms with Crippen LogP contribution in [0, 0.1) is 13.8 Å². The van der Waals surface area contributed by atoms with Crippen molar-refractivity contribution >= 4 is 22.6 Å². The van der Waals surface area contributed by atoms with E-state index >= 15 is 0 Å². The summed E-state index contributed by atoms with van der Waals surface area (Å²) in [6.45, 7) is 5.84. The molecule has 20 heavy (non-hydrogen) atoms. The van der Waals surface area contributed by atoms with Crippen LogP contribution < -0.4 is 0 Å². The zero-order chi connectivity index (χ0) is 14.7. The minimum atomic E-state index is -0.426. The molecular formula is C16H19NO3. The van der Waals surface area contributed by atoms with Crippen LogP contribution in [-0.4, -0.2) is 28.9 Å². The third-order valence-electron chi connectivity index (χ3n) is 3.44. The second-order valence-electron chi connectivity index (χ2n) is 4.56. The van der Waals surface area contributed by atoms with E-state index in [1.165, 1.54) is 6.08 Å². The monoisotopic (exact) mass is 273 g/mol. The minimum Gasteiger partial charge on any atom is -0.461 e. The number of aromatic nitrogens is 1. The first-order valence-corrected chi connectivity index (χ1v) is 6.67. The van der Waals surface area contributed by atoms with Gasteiger partial charge in [0.2, 0.25) is 0 Å². The van der Waals surface area contributed by atoms with E-state index in [1.807, 2.05) is 42.7 Å². The molecule has 1 heterocycles. The lowest BCUT2D eigenvalue weighted by molar-refractivity contribution is -0.136. The van der Waals surface area contributed by atoms with Gasteiger partial charge in [-0.05, 0) is 38.5 Å². The number of carbonyl (C=O) groups excluding carboxylic acids is 1. The van der Waals surface area contributed by atoms with Gasteiger partial charge in [0.05, 0.1) is 18.7 Å². The van der Waals surface area contributed by atoms with E-state index < -0.39 is 5.97 Å². The molecule has 0 bridgehead atoms. The summed E-state index contributed by atoms with van der Waals surface area (Å²) in [5.74, 6) is -0.426. The van der Waals surface area contributed by atoms with Crippen molar-refractivity contribution in [1.29, 1.82) is 0 Å². The first-order valence-electron chi connectivity index (χ1n) is 6.67. The fourth-order valence-electron chi connectivity index (χ4n) is 2.40. The maximum Gasteiger partial charge on any atom is 0.355 e. The average molecular weight is 273 g/mol. The summed E-state index contributed by atoms with van der Waals surface area (Å²) in [7, 11) is 0. The highest BCUT2D eigenvalue weighted by atomic mass is 16.5. The van der Waals surface area contributed by atoms with Gasteiger partial charge in [-0.2, -0.15) is 0 Å². The number of ether oxygens (including phenoxy) is 1. The summed E-state index contributed by atoms with van der Waals surface area (Å²) in [5, 5.41) is 10.3. The molecular weight excluding hydrogens is 254 g/mol. The summed E-state index contributed by atoms with van der Waals surface area (Å²) in [4.78, 5) is 12.1. The van der Waals surface area contributed by atoms with Gasteiger partial charge in [-0.15, -0.1) is 0 Å². The standard InChI is InChI=1S/C16H19NO3/c1-4-20-16(19)15(9-10-18)17-12(3)11(2)13-7-5-6-8-14(13)17/h5-9,18H,4,10H2,1-3H3/b15-9-. The molecule has 0 saturated carbocycles. The third kappa shape index (κ3) is 2.34. The molecule has 1 aromatic carbocycles. The van der Waals surface area contributed by atoms with Gasteiger partial charge >= 0.3 is 5.97 Å². The van der Waals surface area contributed by atoms with E-state index in [0.717, 1.165) is 22.2 Å². The molecule has 0 spiro atoms. The number of aliphatic hydroxyl groups is 1. The first-order chi connectivity index (χ1) is 9.61. The summed E-state index contributed by atoms with van der Waals surface area (Å²) < 4.78 is 6.93. The Morgan fingerprint density at radius 1 is 1.35 bits per heavy atom. The number of rotatable bonds is 4. The maximum absolute atomic E-state index is 12.1. The summed E-state index contributed by atoms with van der Waals surface area (Å²) in [5.41, 5.74) is 3.39. The van der Waals surface area contributed by atoms with E-state index in [0.29, 0.717) is 12.3 Å². The Morgan fingerprint density at radius 3 is 2.70 bits per heavy atom. The molecule has 0 fully saturated rings. The van der Waals surface area contributed by atoms with Crippen LogP contribution in [-0.2, 0) is 9.53 Å². The van der Waals surface area contributed by atoms with Crippen molar-refractivity contribution in [3.8, 4) is 0 Å². The number of aryl methyl sites for hydroxylation is 1. The van der Waals surface area contributed by atoms with E-state index in [9.17, 15) is 9.90 Å². The average Bonchev–Trinajstić information content (AvgIpc) is 2.70. The van der Waals surface area contributed by atoms with Crippen LogP contribution in [0.2, 0.25) is 0 Å². The summed E-state index contributed by atoms with van der Waals surface area (Å²) in [6, 6.07) is 7.88. The topological polar surface area (TPSA) is 51.5 Å². The molecule has 0 unspecified atom stereocenters. The van der Waals surface area contributed by atoms with Crippen molar-refractivity contribution in [2.24, 2.45) is 0 Å². The maximum atomic E-state index is 12.1. The molecule has 0 amide bonds. The molecule has 0 aliphatic carbocycles. The molecule has 0 aliphatic heterocycles. The molecule has 1 aromatic heterocycles. The molecule has 0 radical (unpaired) electrons. The number of para-hydroxylation sites is 1. The number of hydrogen-bond donors (Lipinski definition) is 1. The van der Waals surface area contributed by atoms with Crippen molar-refractivity contribution < 1.29 is 14.6 Å². The lowest BCUT2D eigenvalue weighted by atomic mass is 10.2. The summed E-state index contributed by atoms with van der Waals surface area (Å²) >= 11 is 0. The van der Waals surface area contributed by atoms with Gasteiger partial charge in [-0.25, -0.2) is 4.79 Å². The SMILES string of the molecule is CCOC(=O)/C(=C/CO)n1c(C)c(C)c2ccccc21. The van der Waals surface area contributed by atoms with Crippen LogP contribution in [0.1, 0.15) is 18.2 Å². The van der Waals surface area contributed by atoms with Gasteiger partial charge in [0.1, 0.15) is 5.70 Å². The zero-order valence-corrected chi connectivity index (χ0v) is 12.0. The van der Waals surface area contributed by atoms with Gasteiger partial charge in [0, 0.05) is 11.1 Å². The quantitative estimate of drug-likeness (QED) is 0.688. The van der Waals surface area contributed by atoms with Gasteiger partial charge in [0.25, 0.3) is 0 Å². The largest absolute Gasteiger partial charge is 0.461 e. The van der Waals surface area contributed by atoms with Crippen molar-refractivity contribution in [2.75, 3.05) is 13.2 Å². The fraction of sp³-hybridized carbons (Fsp3) is 0.312. The Balaban J connectivity index is 2.69. The van der Waals surface area contributed by atoms with Crippen molar-refractivity contribution in [1.82, 2.24) is 4.57 Å². The number of aliphatic hydroxyl groups excluding tert-OH is 1. The molecule has 2 rings (SSSR count). The van der Waals surface area contributed by atoms with E-state index in [2.05, 4.69) is 0 Å². The van der Waals surface area contributed by atoms with Gasteiger partial charge in [-0.3, -0.25) is 0 Å². The van der Waals surface area contributed by atoms with Crippen LogP contribution in [0.15, 0.2) is 30.3 Å². The molecule has 2 aromatic rings. The number of benzene rings is 1. The number of fused-ring (bicyclic) bond motifs is 1. The second-order valence-corrected chi connectivity index (χ2v) is 4.56. The van der Waals surface area contributed by atoms with Crippen LogP contribution in [0.25, 0.3) is 16.6 Å². The molecule has 4 heteroatoms. The van der Waals surface area contributed by atoms with Crippen LogP contribution >= 0.6 is 0 Å². The van der Waals surface area contributed by atoms with E-state index in [4.69, 9.17) is 4.74 Å². The Bertz CT molecular complexity index is 668. The zero-order valence-electron chi connectivity index (χ0n) is 12.0. The number of esters is 1. The lowest BCUT2D eigenvalue weighted by Crippen LogP contribution is -2.14. The molecule has 0 aliphatic rings. The Labute approximate surface area is 118 Å². The van der Waals surface area contributed by atoms with Crippen molar-refractivity contribution in [3.05, 3.63) is 41.6 Å². The predicted molar refractivity (Wildman–Crippen MR) is 79.4 cm³/mol. The third-order valence-corrected chi connectivity index (χ3v) is 3.44. The van der Waals surface area contributed by atoms with Gasteiger partial charge in [-0.1, -0.05) is 18.2 Å². The Hall–Kier alpha value is -2.07. The molecule has 106 valence electrons. The molecule has 0 saturated heterocycles. The Kier molecular flexibility index (Phi) is 4.25. The first kappa shape index (κ1) is 14.3. The van der Waals surface area contributed by atoms with E-state index in [-0.39, 0.29) is 6.61 Å². The smallest absolute Gasteiger partial charge is 0.355 e. The normalized spacial score (nSPS) is 11.9. The number of hydrogen-bond acceptors (Lipinski definition) is 3. The number of nitrogens with zero attached hydrogens (tertiary/aromatic N) is 1. The summed E-state index contributed by atoms with van der Waals surface area (Å²) in [6.07, 6.45) is 1.48. The van der Waals surface area contributed by atoms with Crippen LogP contribution in [0.3, 0.4) is 0 Å². The second kappa shape index (κ2) is 5.92. The molecule has 0 atom stereocenters. The highest BCUT2D eigenvalue weighted by Gasteiger charge is 2.19. The minimum absolute atomic E-state index is 0.209. The van der Waals surface area contributed by atoms with Crippen molar-refractivity contribution in [2.45, 2.75) is 20.8 Å². The van der Waals surface area contributed by atoms with E-state index in [1.54, 1.807) is 6.92 Å². The van der Waals surface area contributed by atoms with Crippen molar-refractivity contribution in [3.63, 3.8) is 0 Å². The van der Waals surface area contributed by atoms with Gasteiger partial charge < -0.3 is 14.4 Å². The highest BCUT2D eigenvalue weighted by molar-refractivity contribution is 6.12. The highest BCUT2D eigenvalue weighted by Crippen LogP contribution is 2.28. The van der Waals surface area contributed by atoms with Gasteiger partial charge in [0.15, 0.2) is 0 Å². The lowest BCUT2D eigenvalue weighted by Gasteiger charge is -2.12. The Morgan fingerprint density at radius 2 is 2.05 bits per heavy atom. The molecule has 4 nitrogen and oxygen atoms in total. The fourth-order valence-corrected chi connectivity index (χ4v) is 2.40. The number of carbonyl (C=O) groups is 1. The predicted octanol–water partition coefficient (Wildman–Crippen LogP) is 2.65.